The Kier molecular flexibility index (Phi) is 3.94. The van der Waals surface area contributed by atoms with Gasteiger partial charge in [0.1, 0.15) is 0 Å². The van der Waals surface area contributed by atoms with E-state index < -0.39 is 0 Å². The first-order valence-corrected chi connectivity index (χ1v) is 5.21. The quantitative estimate of drug-likeness (QED) is 0.623. The van der Waals surface area contributed by atoms with Crippen molar-refractivity contribution in [2.24, 2.45) is 4.99 Å². The number of allylic oxidation sites excluding steroid dienone is 2. The molecule has 1 aliphatic rings. The van der Waals surface area contributed by atoms with Crippen LogP contribution in [-0.2, 0) is 0 Å². The predicted molar refractivity (Wildman–Crippen MR) is 59.3 cm³/mol. The van der Waals surface area contributed by atoms with E-state index in [2.05, 4.69) is 31.5 Å². The van der Waals surface area contributed by atoms with E-state index in [0.29, 0.717) is 0 Å². The molecule has 0 aromatic rings. The first kappa shape index (κ1) is 10.2. The first-order valence-electron chi connectivity index (χ1n) is 5.21. The molecule has 0 radical (unpaired) electrons. The maximum Gasteiger partial charge on any atom is 0.0629 e. The molecule has 0 fully saturated rings. The SMILES string of the molecule is C=C(CC)C1=NCCC=C1CCC. The van der Waals surface area contributed by atoms with Crippen molar-refractivity contribution in [3.05, 3.63) is 23.8 Å². The largest absolute Gasteiger partial charge is 0.284 e. The van der Waals surface area contributed by atoms with Crippen molar-refractivity contribution in [3.8, 4) is 0 Å². The minimum absolute atomic E-state index is 0.946. The third kappa shape index (κ3) is 2.55. The highest BCUT2D eigenvalue weighted by atomic mass is 14.7. The third-order valence-electron chi connectivity index (χ3n) is 2.37. The maximum atomic E-state index is 4.55. The van der Waals surface area contributed by atoms with E-state index in [4.69, 9.17) is 0 Å². The third-order valence-corrected chi connectivity index (χ3v) is 2.37. The molecule has 13 heavy (non-hydrogen) atoms. The summed E-state index contributed by atoms with van der Waals surface area (Å²) < 4.78 is 0. The van der Waals surface area contributed by atoms with Crippen molar-refractivity contribution in [3.63, 3.8) is 0 Å². The zero-order valence-electron chi connectivity index (χ0n) is 8.77. The standard InChI is InChI=1S/C12H19N/c1-4-7-11-8-6-9-13-12(11)10(3)5-2/h8H,3-7,9H2,1-2H3. The van der Waals surface area contributed by atoms with E-state index in [1.165, 1.54) is 23.3 Å². The van der Waals surface area contributed by atoms with E-state index in [0.717, 1.165) is 25.8 Å². The fourth-order valence-corrected chi connectivity index (χ4v) is 1.61. The Balaban J connectivity index is 2.75. The van der Waals surface area contributed by atoms with Crippen LogP contribution in [-0.4, -0.2) is 12.3 Å². The van der Waals surface area contributed by atoms with Gasteiger partial charge in [-0.1, -0.05) is 32.9 Å². The Morgan fingerprint density at radius 2 is 2.31 bits per heavy atom. The lowest BCUT2D eigenvalue weighted by molar-refractivity contribution is 0.890. The lowest BCUT2D eigenvalue weighted by atomic mass is 9.95. The van der Waals surface area contributed by atoms with Gasteiger partial charge in [-0.2, -0.15) is 0 Å². The molecule has 0 bridgehead atoms. The number of nitrogens with zero attached hydrogens (tertiary/aromatic N) is 1. The average Bonchev–Trinajstić information content (AvgIpc) is 2.18. The Labute approximate surface area is 81.3 Å². The topological polar surface area (TPSA) is 12.4 Å². The molecule has 0 spiro atoms. The Hall–Kier alpha value is -0.850. The van der Waals surface area contributed by atoms with Crippen LogP contribution in [0.15, 0.2) is 28.8 Å². The van der Waals surface area contributed by atoms with Gasteiger partial charge in [0.05, 0.1) is 5.71 Å². The van der Waals surface area contributed by atoms with Gasteiger partial charge in [0.25, 0.3) is 0 Å². The molecule has 1 nitrogen and oxygen atoms in total. The summed E-state index contributed by atoms with van der Waals surface area (Å²) in [5, 5.41) is 0. The Morgan fingerprint density at radius 3 is 2.92 bits per heavy atom. The second-order valence-corrected chi connectivity index (χ2v) is 3.46. The monoisotopic (exact) mass is 177 g/mol. The minimum atomic E-state index is 0.946. The van der Waals surface area contributed by atoms with Crippen molar-refractivity contribution in [1.82, 2.24) is 0 Å². The van der Waals surface area contributed by atoms with Crippen LogP contribution < -0.4 is 0 Å². The second kappa shape index (κ2) is 5.00. The van der Waals surface area contributed by atoms with E-state index in [1.807, 2.05) is 0 Å². The number of aliphatic imine (C=N–C) groups is 1. The molecule has 1 aliphatic heterocycles. The molecule has 0 saturated heterocycles. The van der Waals surface area contributed by atoms with Crippen LogP contribution in [0.4, 0.5) is 0 Å². The van der Waals surface area contributed by atoms with Crippen molar-refractivity contribution >= 4 is 5.71 Å². The van der Waals surface area contributed by atoms with Gasteiger partial charge in [-0.3, -0.25) is 4.99 Å². The van der Waals surface area contributed by atoms with Crippen LogP contribution in [0.5, 0.6) is 0 Å². The second-order valence-electron chi connectivity index (χ2n) is 3.46. The molecule has 1 heteroatoms. The predicted octanol–water partition coefficient (Wildman–Crippen LogP) is 3.52. The molecular formula is C12H19N. The summed E-state index contributed by atoms with van der Waals surface area (Å²) in [6, 6.07) is 0. The molecule has 1 heterocycles. The van der Waals surface area contributed by atoms with Gasteiger partial charge in [0, 0.05) is 6.54 Å². The zero-order valence-corrected chi connectivity index (χ0v) is 8.77. The summed E-state index contributed by atoms with van der Waals surface area (Å²) in [6.07, 6.45) is 6.79. The molecule has 1 rings (SSSR count). The summed E-state index contributed by atoms with van der Waals surface area (Å²) in [5.74, 6) is 0. The Morgan fingerprint density at radius 1 is 1.54 bits per heavy atom. The maximum absolute atomic E-state index is 4.55. The summed E-state index contributed by atoms with van der Waals surface area (Å²) in [5.41, 5.74) is 3.80. The highest BCUT2D eigenvalue weighted by Gasteiger charge is 2.11. The van der Waals surface area contributed by atoms with Gasteiger partial charge in [-0.25, -0.2) is 0 Å². The van der Waals surface area contributed by atoms with Gasteiger partial charge in [-0.15, -0.1) is 0 Å². The number of hydrogen-bond acceptors (Lipinski definition) is 1. The first-order chi connectivity index (χ1) is 6.29. The average molecular weight is 177 g/mol. The fourth-order valence-electron chi connectivity index (χ4n) is 1.61. The van der Waals surface area contributed by atoms with E-state index in [1.54, 1.807) is 0 Å². The molecule has 0 aliphatic carbocycles. The molecule has 0 N–H and O–H groups in total. The molecule has 0 amide bonds. The van der Waals surface area contributed by atoms with E-state index in [9.17, 15) is 0 Å². The van der Waals surface area contributed by atoms with Gasteiger partial charge in [0.2, 0.25) is 0 Å². The summed E-state index contributed by atoms with van der Waals surface area (Å²) in [7, 11) is 0. The van der Waals surface area contributed by atoms with Gasteiger partial charge >= 0.3 is 0 Å². The molecule has 0 aromatic carbocycles. The van der Waals surface area contributed by atoms with Crippen molar-refractivity contribution in [1.29, 1.82) is 0 Å². The normalized spacial score (nSPS) is 16.5. The van der Waals surface area contributed by atoms with Crippen LogP contribution in [0.1, 0.15) is 39.5 Å². The lowest BCUT2D eigenvalue weighted by Crippen LogP contribution is -2.10. The summed E-state index contributed by atoms with van der Waals surface area (Å²) in [4.78, 5) is 4.55. The van der Waals surface area contributed by atoms with Crippen molar-refractivity contribution < 1.29 is 0 Å². The molecule has 0 saturated carbocycles. The van der Waals surface area contributed by atoms with Crippen molar-refractivity contribution in [2.45, 2.75) is 39.5 Å². The van der Waals surface area contributed by atoms with Crippen LogP contribution in [0.3, 0.4) is 0 Å². The van der Waals surface area contributed by atoms with E-state index in [-0.39, 0.29) is 0 Å². The van der Waals surface area contributed by atoms with Crippen molar-refractivity contribution in [2.75, 3.05) is 6.54 Å². The Bertz CT molecular complexity index is 246. The van der Waals surface area contributed by atoms with Crippen LogP contribution >= 0.6 is 0 Å². The van der Waals surface area contributed by atoms with Gasteiger partial charge < -0.3 is 0 Å². The fraction of sp³-hybridized carbons (Fsp3) is 0.583. The van der Waals surface area contributed by atoms with Crippen LogP contribution in [0.25, 0.3) is 0 Å². The minimum Gasteiger partial charge on any atom is -0.284 e. The number of hydrogen-bond donors (Lipinski definition) is 0. The zero-order chi connectivity index (χ0) is 9.68. The molecule has 0 atom stereocenters. The lowest BCUT2D eigenvalue weighted by Gasteiger charge is -2.15. The highest BCUT2D eigenvalue weighted by Crippen LogP contribution is 2.19. The van der Waals surface area contributed by atoms with Gasteiger partial charge in [0.15, 0.2) is 0 Å². The molecule has 72 valence electrons. The molecular weight excluding hydrogens is 158 g/mol. The van der Waals surface area contributed by atoms with E-state index >= 15 is 0 Å². The van der Waals surface area contributed by atoms with Crippen LogP contribution in [0.2, 0.25) is 0 Å². The van der Waals surface area contributed by atoms with Gasteiger partial charge in [-0.05, 0) is 30.4 Å². The summed E-state index contributed by atoms with van der Waals surface area (Å²) >= 11 is 0. The number of dihydropyridines is 1. The molecule has 0 unspecified atom stereocenters. The smallest absolute Gasteiger partial charge is 0.0629 e. The van der Waals surface area contributed by atoms with Crippen LogP contribution in [0, 0.1) is 0 Å². The highest BCUT2D eigenvalue weighted by molar-refractivity contribution is 6.12. The molecule has 0 aromatic heterocycles. The number of rotatable bonds is 4. The summed E-state index contributed by atoms with van der Waals surface area (Å²) in [6.45, 7) is 9.36.